The standard InChI is InChI=1S/C13H16FNO2/c1-8-3-6-11(14)12(7-8)17-9(2)13(16)15-10-4-5-10/h3,6-7,9-10H,4-5H2,1-2H3,(H,15,16). The summed E-state index contributed by atoms with van der Waals surface area (Å²) in [5, 5.41) is 2.82. The molecule has 1 unspecified atom stereocenters. The van der Waals surface area contributed by atoms with Crippen molar-refractivity contribution in [1.82, 2.24) is 5.32 Å². The van der Waals surface area contributed by atoms with E-state index >= 15 is 0 Å². The van der Waals surface area contributed by atoms with Crippen LogP contribution in [0.2, 0.25) is 0 Å². The molecule has 0 aliphatic heterocycles. The third-order valence-corrected chi connectivity index (χ3v) is 2.68. The van der Waals surface area contributed by atoms with Crippen LogP contribution in [0.3, 0.4) is 0 Å². The van der Waals surface area contributed by atoms with Crippen LogP contribution in [0.25, 0.3) is 0 Å². The number of hydrogen-bond donors (Lipinski definition) is 1. The van der Waals surface area contributed by atoms with Crippen LogP contribution in [0.4, 0.5) is 4.39 Å². The molecule has 1 aliphatic rings. The number of amides is 1. The second kappa shape index (κ2) is 4.73. The average molecular weight is 237 g/mol. The van der Waals surface area contributed by atoms with Crippen LogP contribution in [-0.2, 0) is 4.79 Å². The Morgan fingerprint density at radius 2 is 2.24 bits per heavy atom. The molecule has 17 heavy (non-hydrogen) atoms. The Balaban J connectivity index is 1.98. The molecule has 1 aromatic carbocycles. The second-order valence-electron chi connectivity index (χ2n) is 4.48. The maximum Gasteiger partial charge on any atom is 0.260 e. The number of hydrogen-bond acceptors (Lipinski definition) is 2. The van der Waals surface area contributed by atoms with Crippen molar-refractivity contribution in [1.29, 1.82) is 0 Å². The molecule has 1 N–H and O–H groups in total. The zero-order chi connectivity index (χ0) is 12.4. The van der Waals surface area contributed by atoms with Gasteiger partial charge in [0.25, 0.3) is 5.91 Å². The smallest absolute Gasteiger partial charge is 0.260 e. The fourth-order valence-electron chi connectivity index (χ4n) is 1.49. The van der Waals surface area contributed by atoms with E-state index < -0.39 is 11.9 Å². The van der Waals surface area contributed by atoms with Crippen molar-refractivity contribution in [3.8, 4) is 5.75 Å². The topological polar surface area (TPSA) is 38.3 Å². The summed E-state index contributed by atoms with van der Waals surface area (Å²) in [7, 11) is 0. The van der Waals surface area contributed by atoms with Crippen LogP contribution in [-0.4, -0.2) is 18.1 Å². The first-order chi connectivity index (χ1) is 8.06. The fourth-order valence-corrected chi connectivity index (χ4v) is 1.49. The van der Waals surface area contributed by atoms with Gasteiger partial charge in [-0.05, 0) is 44.4 Å². The van der Waals surface area contributed by atoms with E-state index in [1.54, 1.807) is 19.1 Å². The number of rotatable bonds is 4. The molecule has 0 spiro atoms. The maximum absolute atomic E-state index is 13.4. The summed E-state index contributed by atoms with van der Waals surface area (Å²) in [6.07, 6.45) is 1.38. The van der Waals surface area contributed by atoms with Gasteiger partial charge in [-0.3, -0.25) is 4.79 Å². The van der Waals surface area contributed by atoms with E-state index in [2.05, 4.69) is 5.32 Å². The predicted molar refractivity (Wildman–Crippen MR) is 62.4 cm³/mol. The molecule has 1 amide bonds. The average Bonchev–Trinajstić information content (AvgIpc) is 3.07. The third-order valence-electron chi connectivity index (χ3n) is 2.68. The van der Waals surface area contributed by atoms with Crippen LogP contribution >= 0.6 is 0 Å². The van der Waals surface area contributed by atoms with Crippen LogP contribution in [0, 0.1) is 12.7 Å². The molecule has 0 aromatic heterocycles. The lowest BCUT2D eigenvalue weighted by molar-refractivity contribution is -0.127. The molecule has 0 radical (unpaired) electrons. The van der Waals surface area contributed by atoms with Gasteiger partial charge in [0.05, 0.1) is 0 Å². The number of halogens is 1. The van der Waals surface area contributed by atoms with Crippen LogP contribution in [0.15, 0.2) is 18.2 Å². The number of carbonyl (C=O) groups excluding carboxylic acids is 1. The Morgan fingerprint density at radius 1 is 1.53 bits per heavy atom. The summed E-state index contributed by atoms with van der Waals surface area (Å²) in [5.41, 5.74) is 0.899. The molecule has 0 bridgehead atoms. The highest BCUT2D eigenvalue weighted by Gasteiger charge is 2.26. The van der Waals surface area contributed by atoms with Gasteiger partial charge in [0.1, 0.15) is 0 Å². The SMILES string of the molecule is Cc1ccc(F)c(OC(C)C(=O)NC2CC2)c1. The van der Waals surface area contributed by atoms with Crippen LogP contribution in [0.5, 0.6) is 5.75 Å². The van der Waals surface area contributed by atoms with Crippen LogP contribution in [0.1, 0.15) is 25.3 Å². The Morgan fingerprint density at radius 3 is 2.88 bits per heavy atom. The van der Waals surface area contributed by atoms with E-state index in [1.807, 2.05) is 6.92 Å². The van der Waals surface area contributed by atoms with Gasteiger partial charge < -0.3 is 10.1 Å². The van der Waals surface area contributed by atoms with E-state index in [0.717, 1.165) is 18.4 Å². The molecule has 4 heteroatoms. The van der Waals surface area contributed by atoms with Crippen LogP contribution < -0.4 is 10.1 Å². The van der Waals surface area contributed by atoms with Gasteiger partial charge in [-0.2, -0.15) is 0 Å². The molecular formula is C13H16FNO2. The fraction of sp³-hybridized carbons (Fsp3) is 0.462. The number of nitrogens with one attached hydrogen (secondary N) is 1. The molecular weight excluding hydrogens is 221 g/mol. The molecule has 1 aliphatic carbocycles. The Kier molecular flexibility index (Phi) is 3.31. The molecule has 1 fully saturated rings. The van der Waals surface area contributed by atoms with Gasteiger partial charge in [-0.1, -0.05) is 6.07 Å². The maximum atomic E-state index is 13.4. The summed E-state index contributed by atoms with van der Waals surface area (Å²) in [5.74, 6) is -0.501. The number of aryl methyl sites for hydroxylation is 1. The van der Waals surface area contributed by atoms with Gasteiger partial charge in [-0.15, -0.1) is 0 Å². The Bertz CT molecular complexity index is 429. The van der Waals surface area contributed by atoms with Gasteiger partial charge >= 0.3 is 0 Å². The first-order valence-electron chi connectivity index (χ1n) is 5.79. The van der Waals surface area contributed by atoms with Crippen molar-refractivity contribution in [3.05, 3.63) is 29.6 Å². The van der Waals surface area contributed by atoms with Crippen molar-refractivity contribution in [3.63, 3.8) is 0 Å². The zero-order valence-corrected chi connectivity index (χ0v) is 10.00. The van der Waals surface area contributed by atoms with Gasteiger partial charge in [0.2, 0.25) is 0 Å². The van der Waals surface area contributed by atoms with Gasteiger partial charge in [0, 0.05) is 6.04 Å². The summed E-state index contributed by atoms with van der Waals surface area (Å²) in [6.45, 7) is 3.47. The minimum atomic E-state index is -0.674. The summed E-state index contributed by atoms with van der Waals surface area (Å²) >= 11 is 0. The predicted octanol–water partition coefficient (Wildman–Crippen LogP) is 2.18. The number of ether oxygens (including phenoxy) is 1. The minimum Gasteiger partial charge on any atom is -0.478 e. The van der Waals surface area contributed by atoms with Crippen molar-refractivity contribution in [2.24, 2.45) is 0 Å². The normalized spacial score (nSPS) is 16.4. The molecule has 0 heterocycles. The first-order valence-corrected chi connectivity index (χ1v) is 5.79. The lowest BCUT2D eigenvalue weighted by Gasteiger charge is -2.15. The van der Waals surface area contributed by atoms with Crippen molar-refractivity contribution in [2.45, 2.75) is 38.8 Å². The molecule has 2 rings (SSSR count). The second-order valence-corrected chi connectivity index (χ2v) is 4.48. The third kappa shape index (κ3) is 3.19. The first kappa shape index (κ1) is 11.9. The van der Waals surface area contributed by atoms with Crippen molar-refractivity contribution in [2.75, 3.05) is 0 Å². The minimum absolute atomic E-state index is 0.128. The largest absolute Gasteiger partial charge is 0.478 e. The monoisotopic (exact) mass is 237 g/mol. The summed E-state index contributed by atoms with van der Waals surface area (Å²) in [6, 6.07) is 4.89. The molecule has 1 saturated carbocycles. The Hall–Kier alpha value is -1.58. The molecule has 1 atom stereocenters. The molecule has 3 nitrogen and oxygen atoms in total. The van der Waals surface area contributed by atoms with E-state index in [0.29, 0.717) is 0 Å². The Labute approximate surface area is 100.0 Å². The molecule has 1 aromatic rings. The highest BCUT2D eigenvalue weighted by atomic mass is 19.1. The lowest BCUT2D eigenvalue weighted by Crippen LogP contribution is -2.37. The van der Waals surface area contributed by atoms with Crippen molar-refractivity contribution < 1.29 is 13.9 Å². The molecule has 0 saturated heterocycles. The highest BCUT2D eigenvalue weighted by Crippen LogP contribution is 2.21. The number of carbonyl (C=O) groups is 1. The van der Waals surface area contributed by atoms with Crippen molar-refractivity contribution >= 4 is 5.91 Å². The zero-order valence-electron chi connectivity index (χ0n) is 10.00. The van der Waals surface area contributed by atoms with E-state index in [1.165, 1.54) is 6.07 Å². The lowest BCUT2D eigenvalue weighted by atomic mass is 10.2. The van der Waals surface area contributed by atoms with E-state index in [9.17, 15) is 9.18 Å². The summed E-state index contributed by atoms with van der Waals surface area (Å²) < 4.78 is 18.7. The molecule has 92 valence electrons. The van der Waals surface area contributed by atoms with Gasteiger partial charge in [0.15, 0.2) is 17.7 Å². The van der Waals surface area contributed by atoms with E-state index in [4.69, 9.17) is 4.74 Å². The van der Waals surface area contributed by atoms with E-state index in [-0.39, 0.29) is 17.7 Å². The summed E-state index contributed by atoms with van der Waals surface area (Å²) in [4.78, 5) is 11.6. The van der Waals surface area contributed by atoms with Gasteiger partial charge in [-0.25, -0.2) is 4.39 Å². The quantitative estimate of drug-likeness (QED) is 0.871. The number of benzene rings is 1. The highest BCUT2D eigenvalue weighted by molar-refractivity contribution is 5.81.